The predicted octanol–water partition coefficient (Wildman–Crippen LogP) is -1.05. The number of hydrogen-bond acceptors (Lipinski definition) is 4. The number of anilines is 1. The van der Waals surface area contributed by atoms with Crippen molar-refractivity contribution in [2.45, 2.75) is 4.90 Å². The molecule has 0 aliphatic heterocycles. The van der Waals surface area contributed by atoms with Gasteiger partial charge in [0.1, 0.15) is 10.7 Å². The van der Waals surface area contributed by atoms with Crippen molar-refractivity contribution in [3.8, 4) is 0 Å². The molecule has 0 saturated heterocycles. The van der Waals surface area contributed by atoms with Gasteiger partial charge < -0.3 is 5.73 Å². The summed E-state index contributed by atoms with van der Waals surface area (Å²) in [5.41, 5.74) is 4.50. The first-order chi connectivity index (χ1) is 5.46. The molecule has 0 spiro atoms. The predicted molar refractivity (Wildman–Crippen MR) is 48.6 cm³/mol. The van der Waals surface area contributed by atoms with Crippen LogP contribution in [0, 0.1) is 0 Å². The summed E-state index contributed by atoms with van der Waals surface area (Å²) in [4.78, 5) is 22.4. The van der Waals surface area contributed by atoms with Gasteiger partial charge in [0, 0.05) is 14.1 Å². The fraction of sp³-hybridized carbons (Fsp3) is 0.333. The zero-order valence-corrected chi connectivity index (χ0v) is 7.63. The van der Waals surface area contributed by atoms with Gasteiger partial charge in [-0.15, -0.1) is 12.6 Å². The van der Waals surface area contributed by atoms with Gasteiger partial charge in [-0.05, 0) is 0 Å². The van der Waals surface area contributed by atoms with Crippen LogP contribution in [-0.4, -0.2) is 9.13 Å². The van der Waals surface area contributed by atoms with E-state index in [1.54, 1.807) is 0 Å². The minimum Gasteiger partial charge on any atom is -0.384 e. The Bertz CT molecular complexity index is 394. The summed E-state index contributed by atoms with van der Waals surface area (Å²) in [6, 6.07) is 0. The molecule has 0 radical (unpaired) electrons. The summed E-state index contributed by atoms with van der Waals surface area (Å²) >= 11 is 3.88. The van der Waals surface area contributed by atoms with Crippen LogP contribution < -0.4 is 17.0 Å². The molecule has 0 unspecified atom stereocenters. The van der Waals surface area contributed by atoms with Crippen molar-refractivity contribution in [1.29, 1.82) is 0 Å². The molecule has 0 aromatic carbocycles. The maximum atomic E-state index is 11.2. The molecule has 0 aliphatic carbocycles. The van der Waals surface area contributed by atoms with Gasteiger partial charge in [0.2, 0.25) is 0 Å². The average molecular weight is 187 g/mol. The van der Waals surface area contributed by atoms with Crippen molar-refractivity contribution >= 4 is 18.4 Å². The molecule has 1 aromatic heterocycles. The van der Waals surface area contributed by atoms with Crippen molar-refractivity contribution in [1.82, 2.24) is 9.13 Å². The number of nitrogens with zero attached hydrogens (tertiary/aromatic N) is 2. The molecule has 0 amide bonds. The summed E-state index contributed by atoms with van der Waals surface area (Å²) in [7, 11) is 2.86. The fourth-order valence-corrected chi connectivity index (χ4v) is 1.14. The van der Waals surface area contributed by atoms with Crippen LogP contribution in [0.2, 0.25) is 0 Å². The third-order valence-electron chi connectivity index (χ3n) is 1.69. The molecule has 0 fully saturated rings. The fourth-order valence-electron chi connectivity index (χ4n) is 0.842. The Morgan fingerprint density at radius 2 is 1.75 bits per heavy atom. The summed E-state index contributed by atoms with van der Waals surface area (Å²) in [6.07, 6.45) is 0. The molecule has 0 aliphatic rings. The second-order valence-corrected chi connectivity index (χ2v) is 2.89. The molecule has 5 nitrogen and oxygen atoms in total. The summed E-state index contributed by atoms with van der Waals surface area (Å²) in [5.74, 6) is 0.0893. The van der Waals surface area contributed by atoms with Crippen molar-refractivity contribution in [3.63, 3.8) is 0 Å². The van der Waals surface area contributed by atoms with E-state index in [9.17, 15) is 9.59 Å². The third-order valence-corrected chi connectivity index (χ3v) is 2.11. The Kier molecular flexibility index (Phi) is 2.01. The van der Waals surface area contributed by atoms with Gasteiger partial charge >= 0.3 is 5.69 Å². The minimum atomic E-state index is -0.473. The van der Waals surface area contributed by atoms with E-state index in [0.29, 0.717) is 0 Å². The van der Waals surface area contributed by atoms with Gasteiger partial charge in [-0.25, -0.2) is 4.79 Å². The molecule has 12 heavy (non-hydrogen) atoms. The maximum Gasteiger partial charge on any atom is 0.332 e. The van der Waals surface area contributed by atoms with Crippen molar-refractivity contribution in [2.75, 3.05) is 5.73 Å². The Labute approximate surface area is 73.8 Å². The number of nitrogen functional groups attached to an aromatic ring is 1. The van der Waals surface area contributed by atoms with E-state index in [2.05, 4.69) is 12.6 Å². The number of rotatable bonds is 0. The molecule has 1 rings (SSSR count). The van der Waals surface area contributed by atoms with Crippen LogP contribution in [0.4, 0.5) is 5.82 Å². The van der Waals surface area contributed by atoms with Crippen LogP contribution in [0.15, 0.2) is 14.5 Å². The summed E-state index contributed by atoms with van der Waals surface area (Å²) in [6.45, 7) is 0. The molecule has 6 heteroatoms. The molecule has 0 bridgehead atoms. The summed E-state index contributed by atoms with van der Waals surface area (Å²) < 4.78 is 2.13. The lowest BCUT2D eigenvalue weighted by atomic mass is 10.5. The average Bonchev–Trinajstić information content (AvgIpc) is 2.08. The SMILES string of the molecule is Cn1c(N)c(S)c(=O)n(C)c1=O. The number of thiol groups is 1. The topological polar surface area (TPSA) is 70.0 Å². The lowest BCUT2D eigenvalue weighted by molar-refractivity contribution is 0.672. The highest BCUT2D eigenvalue weighted by atomic mass is 32.1. The smallest absolute Gasteiger partial charge is 0.332 e. The van der Waals surface area contributed by atoms with Gasteiger partial charge in [-0.3, -0.25) is 13.9 Å². The Morgan fingerprint density at radius 1 is 1.25 bits per heavy atom. The molecule has 1 heterocycles. The molecule has 0 atom stereocenters. The molecule has 1 aromatic rings. The van der Waals surface area contributed by atoms with Crippen LogP contribution in [0.1, 0.15) is 0 Å². The van der Waals surface area contributed by atoms with E-state index in [4.69, 9.17) is 5.73 Å². The van der Waals surface area contributed by atoms with E-state index >= 15 is 0 Å². The molecular weight excluding hydrogens is 178 g/mol. The van der Waals surface area contributed by atoms with E-state index in [-0.39, 0.29) is 10.7 Å². The normalized spacial score (nSPS) is 10.2. The van der Waals surface area contributed by atoms with Crippen molar-refractivity contribution < 1.29 is 0 Å². The number of nitrogens with two attached hydrogens (primary N) is 1. The standard InChI is InChI=1S/C6H9N3O2S/c1-8-4(7)3(12)5(10)9(2)6(8)11/h12H,7H2,1-2H3. The first-order valence-electron chi connectivity index (χ1n) is 3.21. The van der Waals surface area contributed by atoms with Crippen LogP contribution in [0.3, 0.4) is 0 Å². The van der Waals surface area contributed by atoms with E-state index in [1.807, 2.05) is 0 Å². The number of hydrogen-bond donors (Lipinski definition) is 2. The van der Waals surface area contributed by atoms with Gasteiger partial charge in [0.15, 0.2) is 0 Å². The van der Waals surface area contributed by atoms with Crippen molar-refractivity contribution in [3.05, 3.63) is 20.8 Å². The van der Waals surface area contributed by atoms with E-state index in [0.717, 1.165) is 4.57 Å². The highest BCUT2D eigenvalue weighted by molar-refractivity contribution is 7.80. The van der Waals surface area contributed by atoms with E-state index < -0.39 is 11.2 Å². The number of aromatic nitrogens is 2. The third kappa shape index (κ3) is 1.04. The van der Waals surface area contributed by atoms with Gasteiger partial charge in [-0.2, -0.15) is 0 Å². The molecule has 66 valence electrons. The Morgan fingerprint density at radius 3 is 2.25 bits per heavy atom. The van der Waals surface area contributed by atoms with Crippen molar-refractivity contribution in [2.24, 2.45) is 14.1 Å². The minimum absolute atomic E-state index is 0.0893. The quantitative estimate of drug-likeness (QED) is 0.509. The molecular formula is C6H9N3O2S. The zero-order chi connectivity index (χ0) is 9.46. The Balaban J connectivity index is 3.86. The largest absolute Gasteiger partial charge is 0.384 e. The maximum absolute atomic E-state index is 11.2. The zero-order valence-electron chi connectivity index (χ0n) is 6.74. The van der Waals surface area contributed by atoms with Crippen LogP contribution in [0.25, 0.3) is 0 Å². The Hall–Kier alpha value is -1.17. The second kappa shape index (κ2) is 2.71. The van der Waals surface area contributed by atoms with E-state index in [1.165, 1.54) is 18.7 Å². The first-order valence-corrected chi connectivity index (χ1v) is 3.66. The van der Waals surface area contributed by atoms with Gasteiger partial charge in [0.05, 0.1) is 0 Å². The first kappa shape index (κ1) is 8.92. The second-order valence-electron chi connectivity index (χ2n) is 2.44. The summed E-state index contributed by atoms with van der Waals surface area (Å²) in [5, 5.41) is 0. The van der Waals surface area contributed by atoms with Crippen LogP contribution in [-0.2, 0) is 14.1 Å². The highest BCUT2D eigenvalue weighted by Gasteiger charge is 2.08. The van der Waals surface area contributed by atoms with Gasteiger partial charge in [0.25, 0.3) is 5.56 Å². The molecule has 0 saturated carbocycles. The lowest BCUT2D eigenvalue weighted by Crippen LogP contribution is -2.38. The highest BCUT2D eigenvalue weighted by Crippen LogP contribution is 2.05. The van der Waals surface area contributed by atoms with Crippen LogP contribution in [0.5, 0.6) is 0 Å². The van der Waals surface area contributed by atoms with Crippen LogP contribution >= 0.6 is 12.6 Å². The van der Waals surface area contributed by atoms with Gasteiger partial charge in [-0.1, -0.05) is 0 Å². The monoisotopic (exact) mass is 187 g/mol. The molecule has 2 N–H and O–H groups in total. The lowest BCUT2D eigenvalue weighted by Gasteiger charge is -2.06.